The van der Waals surface area contributed by atoms with Crippen LogP contribution in [0.4, 0.5) is 26.3 Å². The molecule has 6 nitrogen and oxygen atoms in total. The molecule has 4 rings (SSSR count). The molecule has 0 radical (unpaired) electrons. The number of fused-ring (bicyclic) bond motifs is 1. The second kappa shape index (κ2) is 9.68. The summed E-state index contributed by atoms with van der Waals surface area (Å²) in [7, 11) is -4.21. The number of carbonyl (C=O) groups is 1. The van der Waals surface area contributed by atoms with Gasteiger partial charge in [-0.15, -0.1) is 0 Å². The number of aromatic nitrogens is 1. The van der Waals surface area contributed by atoms with Gasteiger partial charge >= 0.3 is 12.4 Å². The van der Waals surface area contributed by atoms with E-state index in [-0.39, 0.29) is 31.3 Å². The van der Waals surface area contributed by atoms with Crippen molar-refractivity contribution in [1.29, 1.82) is 0 Å². The van der Waals surface area contributed by atoms with Gasteiger partial charge in [-0.3, -0.25) is 4.79 Å². The first-order valence-corrected chi connectivity index (χ1v) is 13.3. The van der Waals surface area contributed by atoms with Gasteiger partial charge in [-0.1, -0.05) is 12.1 Å². The fourth-order valence-electron chi connectivity index (χ4n) is 4.87. The van der Waals surface area contributed by atoms with Crippen molar-refractivity contribution in [3.63, 3.8) is 0 Å². The van der Waals surface area contributed by atoms with Crippen LogP contribution in [0.5, 0.6) is 5.75 Å². The predicted octanol–water partition coefficient (Wildman–Crippen LogP) is 6.08. The van der Waals surface area contributed by atoms with Crippen LogP contribution < -0.4 is 0 Å². The quantitative estimate of drug-likeness (QED) is 0.382. The Hall–Kier alpha value is -3.35. The van der Waals surface area contributed by atoms with E-state index in [1.807, 2.05) is 0 Å². The van der Waals surface area contributed by atoms with Crippen LogP contribution in [-0.4, -0.2) is 47.2 Å². The molecular formula is C26H24F6N2O4S. The minimum atomic E-state index is -4.77. The number of amides is 1. The molecule has 13 heteroatoms. The maximum atomic E-state index is 13.5. The van der Waals surface area contributed by atoms with E-state index in [2.05, 4.69) is 4.98 Å². The smallest absolute Gasteiger partial charge is 0.418 e. The fourth-order valence-corrected chi connectivity index (χ4v) is 6.69. The van der Waals surface area contributed by atoms with Gasteiger partial charge in [-0.25, -0.2) is 13.4 Å². The Morgan fingerprint density at radius 3 is 2.15 bits per heavy atom. The standard InChI is InChI=1S/C26H24F6N2O4S/c1-24(2,39(37,38)17-6-3-5-16(13-17)25(27,28)29)15-9-11-34(12-10-15)23(36)20-14-21(35)18-7-4-8-19(22(18)33-20)26(30,31)32/h3-8,13-15H,9-12H2,1-2H3,(H,33,35). The number of nitrogens with zero attached hydrogens (tertiary/aromatic N) is 2. The van der Waals surface area contributed by atoms with Crippen LogP contribution >= 0.6 is 0 Å². The van der Waals surface area contributed by atoms with Crippen molar-refractivity contribution >= 4 is 26.6 Å². The lowest BCUT2D eigenvalue weighted by atomic mass is 9.85. The summed E-state index contributed by atoms with van der Waals surface area (Å²) in [6, 6.07) is 7.67. The normalized spacial score (nSPS) is 16.1. The van der Waals surface area contributed by atoms with Crippen LogP contribution in [0.1, 0.15) is 48.3 Å². The Morgan fingerprint density at radius 1 is 0.949 bits per heavy atom. The zero-order valence-electron chi connectivity index (χ0n) is 20.8. The molecule has 0 bridgehead atoms. The number of sulfone groups is 1. The van der Waals surface area contributed by atoms with Gasteiger partial charge in [-0.2, -0.15) is 26.3 Å². The molecule has 1 saturated heterocycles. The summed E-state index contributed by atoms with van der Waals surface area (Å²) in [5, 5.41) is 10.1. The predicted molar refractivity (Wildman–Crippen MR) is 130 cm³/mol. The van der Waals surface area contributed by atoms with Crippen LogP contribution in [0.2, 0.25) is 0 Å². The van der Waals surface area contributed by atoms with E-state index in [4.69, 9.17) is 0 Å². The minimum absolute atomic E-state index is 0.0342. The second-order valence-corrected chi connectivity index (χ2v) is 12.5. The number of para-hydroxylation sites is 1. The second-order valence-electron chi connectivity index (χ2n) is 9.93. The molecule has 1 aliphatic heterocycles. The average molecular weight is 575 g/mol. The first-order chi connectivity index (χ1) is 17.9. The summed E-state index contributed by atoms with van der Waals surface area (Å²) >= 11 is 0. The number of likely N-dealkylation sites (tertiary alicyclic amines) is 1. The number of benzene rings is 2. The summed E-state index contributed by atoms with van der Waals surface area (Å²) in [6.07, 6.45) is -9.14. The van der Waals surface area contributed by atoms with E-state index < -0.39 is 71.7 Å². The SMILES string of the molecule is CC(C)(C1CCN(C(=O)c2cc(O)c3cccc(C(F)(F)F)c3n2)CC1)S(=O)(=O)c1cccc(C(F)(F)F)c1. The third-order valence-corrected chi connectivity index (χ3v) is 9.86. The van der Waals surface area contributed by atoms with Crippen molar-refractivity contribution in [2.24, 2.45) is 5.92 Å². The van der Waals surface area contributed by atoms with Crippen molar-refractivity contribution < 1.29 is 44.7 Å². The topological polar surface area (TPSA) is 87.6 Å². The summed E-state index contributed by atoms with van der Waals surface area (Å²) in [6.45, 7) is 2.91. The highest BCUT2D eigenvalue weighted by Crippen LogP contribution is 2.40. The maximum Gasteiger partial charge on any atom is 0.418 e. The number of halogens is 6. The van der Waals surface area contributed by atoms with Gasteiger partial charge in [0.2, 0.25) is 0 Å². The summed E-state index contributed by atoms with van der Waals surface area (Å²) < 4.78 is 105. The Labute approximate surface area is 220 Å². The molecule has 1 fully saturated rings. The Morgan fingerprint density at radius 2 is 1.56 bits per heavy atom. The molecule has 3 aromatic rings. The van der Waals surface area contributed by atoms with Crippen molar-refractivity contribution in [3.05, 3.63) is 65.4 Å². The number of piperidine rings is 1. The molecule has 1 amide bonds. The number of hydrogen-bond donors (Lipinski definition) is 1. The lowest BCUT2D eigenvalue weighted by Crippen LogP contribution is -2.47. The molecule has 39 heavy (non-hydrogen) atoms. The highest BCUT2D eigenvalue weighted by Gasteiger charge is 2.45. The molecule has 0 saturated carbocycles. The van der Waals surface area contributed by atoms with Gasteiger partial charge in [0.1, 0.15) is 11.4 Å². The van der Waals surface area contributed by atoms with E-state index in [9.17, 15) is 44.7 Å². The Kier molecular flexibility index (Phi) is 7.12. The number of hydrogen-bond acceptors (Lipinski definition) is 5. The Bertz CT molecular complexity index is 1530. The molecule has 1 aromatic heterocycles. The van der Waals surface area contributed by atoms with Crippen molar-refractivity contribution in [1.82, 2.24) is 9.88 Å². The summed E-state index contributed by atoms with van der Waals surface area (Å²) in [5.41, 5.74) is -3.16. The van der Waals surface area contributed by atoms with Gasteiger partial charge in [0.25, 0.3) is 5.91 Å². The molecule has 0 spiro atoms. The third-order valence-electron chi connectivity index (χ3n) is 7.27. The van der Waals surface area contributed by atoms with Gasteiger partial charge in [0.15, 0.2) is 9.84 Å². The molecule has 1 aliphatic rings. The van der Waals surface area contributed by atoms with Gasteiger partial charge < -0.3 is 10.0 Å². The van der Waals surface area contributed by atoms with Crippen LogP contribution in [0.3, 0.4) is 0 Å². The van der Waals surface area contributed by atoms with E-state index in [0.717, 1.165) is 36.4 Å². The molecule has 0 atom stereocenters. The maximum absolute atomic E-state index is 13.5. The van der Waals surface area contributed by atoms with E-state index in [1.54, 1.807) is 0 Å². The van der Waals surface area contributed by atoms with Gasteiger partial charge in [-0.05, 0) is 62.9 Å². The summed E-state index contributed by atoms with van der Waals surface area (Å²) in [4.78, 5) is 17.8. The lowest BCUT2D eigenvalue weighted by Gasteiger charge is -2.40. The molecule has 210 valence electrons. The number of pyridine rings is 1. The molecule has 1 N–H and O–H groups in total. The van der Waals surface area contributed by atoms with E-state index in [1.165, 1.54) is 24.8 Å². The van der Waals surface area contributed by atoms with Crippen LogP contribution in [0, 0.1) is 5.92 Å². The molecule has 2 heterocycles. The molecular weight excluding hydrogens is 550 g/mol. The number of carbonyl (C=O) groups excluding carboxylic acids is 1. The van der Waals surface area contributed by atoms with E-state index in [0.29, 0.717) is 6.07 Å². The third kappa shape index (κ3) is 5.28. The average Bonchev–Trinajstić information content (AvgIpc) is 2.87. The van der Waals surface area contributed by atoms with Gasteiger partial charge in [0.05, 0.1) is 26.3 Å². The number of rotatable bonds is 4. The zero-order chi connectivity index (χ0) is 29.0. The zero-order valence-corrected chi connectivity index (χ0v) is 21.6. The van der Waals surface area contributed by atoms with Crippen LogP contribution in [-0.2, 0) is 22.2 Å². The monoisotopic (exact) mass is 574 g/mol. The molecule has 0 aliphatic carbocycles. The number of alkyl halides is 6. The largest absolute Gasteiger partial charge is 0.507 e. The lowest BCUT2D eigenvalue weighted by molar-refractivity contribution is -0.138. The number of aromatic hydroxyl groups is 1. The van der Waals surface area contributed by atoms with Gasteiger partial charge in [0, 0.05) is 24.5 Å². The molecule has 2 aromatic carbocycles. The first kappa shape index (κ1) is 28.7. The van der Waals surface area contributed by atoms with E-state index >= 15 is 0 Å². The van der Waals surface area contributed by atoms with Crippen LogP contribution in [0.25, 0.3) is 10.9 Å². The summed E-state index contributed by atoms with van der Waals surface area (Å²) in [5.74, 6) is -1.81. The van der Waals surface area contributed by atoms with Crippen molar-refractivity contribution in [2.75, 3.05) is 13.1 Å². The molecule has 0 unspecified atom stereocenters. The van der Waals surface area contributed by atoms with Crippen molar-refractivity contribution in [2.45, 2.75) is 48.7 Å². The minimum Gasteiger partial charge on any atom is -0.507 e. The fraction of sp³-hybridized carbons (Fsp3) is 0.385. The van der Waals surface area contributed by atoms with Crippen LogP contribution in [0.15, 0.2) is 53.4 Å². The highest BCUT2D eigenvalue weighted by molar-refractivity contribution is 7.92. The Balaban J connectivity index is 1.55. The van der Waals surface area contributed by atoms with Crippen molar-refractivity contribution in [3.8, 4) is 5.75 Å². The highest BCUT2D eigenvalue weighted by atomic mass is 32.2. The first-order valence-electron chi connectivity index (χ1n) is 11.9.